The first-order valence-electron chi connectivity index (χ1n) is 8.83. The molecule has 2 aromatic carbocycles. The van der Waals surface area contributed by atoms with Gasteiger partial charge in [0.05, 0.1) is 12.3 Å². The number of nitrogens with one attached hydrogen (secondary N) is 2. The molecule has 15 heteroatoms. The molecule has 0 bridgehead atoms. The smallest absolute Gasteiger partial charge is 0.492 e. The van der Waals surface area contributed by atoms with Gasteiger partial charge in [0, 0.05) is 17.8 Å². The molecule has 0 aliphatic carbocycles. The molecule has 33 heavy (non-hydrogen) atoms. The van der Waals surface area contributed by atoms with E-state index in [9.17, 15) is 39.6 Å². The van der Waals surface area contributed by atoms with Gasteiger partial charge in [-0.3, -0.25) is 9.52 Å². The maximum atomic E-state index is 12.7. The molecule has 0 aromatic heterocycles. The van der Waals surface area contributed by atoms with Crippen molar-refractivity contribution in [2.45, 2.75) is 30.5 Å². The number of aliphatic hydroxyl groups excluding tert-OH is 1. The lowest BCUT2D eigenvalue weighted by molar-refractivity contribution is -0.274. The maximum Gasteiger partial charge on any atom is 0.573 e. The van der Waals surface area contributed by atoms with E-state index < -0.39 is 45.2 Å². The number of sulfonamides is 1. The van der Waals surface area contributed by atoms with Gasteiger partial charge in [-0.15, -0.1) is 13.2 Å². The molecule has 0 radical (unpaired) electrons. The largest absolute Gasteiger partial charge is 0.573 e. The van der Waals surface area contributed by atoms with E-state index in [0.29, 0.717) is 0 Å². The normalized spacial score (nSPS) is 13.2. The SMILES string of the molecule is CCOc1cc(NC(=O)C(O)C(F)(F)F)ccc1S(=O)(=O)Nc1cccc(OC(F)(F)F)c1. The number of amides is 1. The fourth-order valence-electron chi connectivity index (χ4n) is 2.40. The fourth-order valence-corrected chi connectivity index (χ4v) is 3.58. The third kappa shape index (κ3) is 7.42. The van der Waals surface area contributed by atoms with Crippen LogP contribution in [0, 0.1) is 0 Å². The minimum Gasteiger partial charge on any atom is -0.492 e. The van der Waals surface area contributed by atoms with Gasteiger partial charge < -0.3 is 19.9 Å². The van der Waals surface area contributed by atoms with Crippen molar-refractivity contribution in [3.8, 4) is 11.5 Å². The summed E-state index contributed by atoms with van der Waals surface area (Å²) in [5.41, 5.74) is -0.601. The summed E-state index contributed by atoms with van der Waals surface area (Å²) in [6.07, 6.45) is -13.5. The Morgan fingerprint density at radius 2 is 1.73 bits per heavy atom. The summed E-state index contributed by atoms with van der Waals surface area (Å²) in [5.74, 6) is -2.87. The van der Waals surface area contributed by atoms with Crippen LogP contribution in [0.25, 0.3) is 0 Å². The van der Waals surface area contributed by atoms with Gasteiger partial charge in [0.15, 0.2) is 0 Å². The molecule has 8 nitrogen and oxygen atoms in total. The Hall–Kier alpha value is -3.20. The van der Waals surface area contributed by atoms with Crippen molar-refractivity contribution in [2.75, 3.05) is 16.6 Å². The van der Waals surface area contributed by atoms with Crippen molar-refractivity contribution in [1.29, 1.82) is 0 Å². The first-order chi connectivity index (χ1) is 15.1. The molecule has 1 amide bonds. The maximum absolute atomic E-state index is 12.7. The van der Waals surface area contributed by atoms with Crippen molar-refractivity contribution >= 4 is 27.3 Å². The summed E-state index contributed by atoms with van der Waals surface area (Å²) in [4.78, 5) is 11.0. The quantitative estimate of drug-likeness (QED) is 0.475. The van der Waals surface area contributed by atoms with Crippen LogP contribution in [-0.4, -0.2) is 44.7 Å². The van der Waals surface area contributed by atoms with Crippen molar-refractivity contribution in [3.05, 3.63) is 42.5 Å². The van der Waals surface area contributed by atoms with Gasteiger partial charge in [-0.25, -0.2) is 8.42 Å². The molecule has 2 rings (SSSR count). The van der Waals surface area contributed by atoms with E-state index in [-0.39, 0.29) is 23.7 Å². The van der Waals surface area contributed by atoms with Crippen molar-refractivity contribution in [1.82, 2.24) is 0 Å². The summed E-state index contributed by atoms with van der Waals surface area (Å²) in [5, 5.41) is 10.8. The number of anilines is 2. The topological polar surface area (TPSA) is 114 Å². The van der Waals surface area contributed by atoms with Crippen molar-refractivity contribution < 1.29 is 54.1 Å². The Balaban J connectivity index is 2.31. The second-order valence-electron chi connectivity index (χ2n) is 6.21. The molecule has 2 aromatic rings. The lowest BCUT2D eigenvalue weighted by Crippen LogP contribution is -2.40. The molecule has 0 saturated heterocycles. The molecule has 1 atom stereocenters. The number of alkyl halides is 6. The van der Waals surface area contributed by atoms with E-state index in [4.69, 9.17) is 9.84 Å². The zero-order chi connectivity index (χ0) is 25.0. The minimum atomic E-state index is -5.22. The van der Waals surface area contributed by atoms with E-state index in [1.807, 2.05) is 4.72 Å². The number of carbonyl (C=O) groups is 1. The zero-order valence-electron chi connectivity index (χ0n) is 16.5. The molecule has 0 heterocycles. The zero-order valence-corrected chi connectivity index (χ0v) is 17.3. The van der Waals surface area contributed by atoms with Gasteiger partial charge in [-0.1, -0.05) is 6.07 Å². The third-order valence-corrected chi connectivity index (χ3v) is 5.10. The summed E-state index contributed by atoms with van der Waals surface area (Å²) in [7, 11) is -4.47. The highest BCUT2D eigenvalue weighted by atomic mass is 32.2. The second-order valence-corrected chi connectivity index (χ2v) is 7.86. The van der Waals surface area contributed by atoms with Gasteiger partial charge in [0.2, 0.25) is 6.10 Å². The van der Waals surface area contributed by atoms with E-state index in [0.717, 1.165) is 42.5 Å². The summed E-state index contributed by atoms with van der Waals surface area (Å²) >= 11 is 0. The second kappa shape index (κ2) is 9.74. The predicted octanol–water partition coefficient (Wildman–Crippen LogP) is 3.65. The Morgan fingerprint density at radius 1 is 1.06 bits per heavy atom. The van der Waals surface area contributed by atoms with Crippen LogP contribution in [0.1, 0.15) is 6.92 Å². The van der Waals surface area contributed by atoms with Crippen LogP contribution < -0.4 is 19.5 Å². The van der Waals surface area contributed by atoms with Gasteiger partial charge >= 0.3 is 12.5 Å². The molecule has 0 saturated carbocycles. The molecule has 1 unspecified atom stereocenters. The van der Waals surface area contributed by atoms with Crippen LogP contribution in [-0.2, 0) is 14.8 Å². The standard InChI is InChI=1S/C18H16F6N2O6S/c1-2-31-13-9-10(25-16(28)15(27)17(19,20)21)6-7-14(13)33(29,30)26-11-4-3-5-12(8-11)32-18(22,23)24/h3-9,15,26-27H,2H2,1H3,(H,25,28). The summed E-state index contributed by atoms with van der Waals surface area (Å²) < 4.78 is 111. The number of hydrogen-bond acceptors (Lipinski definition) is 6. The number of hydrogen-bond donors (Lipinski definition) is 3. The van der Waals surface area contributed by atoms with E-state index in [1.54, 1.807) is 5.32 Å². The van der Waals surface area contributed by atoms with Crippen LogP contribution in [0.15, 0.2) is 47.4 Å². The van der Waals surface area contributed by atoms with Crippen LogP contribution in [0.3, 0.4) is 0 Å². The van der Waals surface area contributed by atoms with Gasteiger partial charge in [-0.2, -0.15) is 13.2 Å². The molecule has 0 spiro atoms. The number of rotatable bonds is 8. The Labute approximate surface area is 183 Å². The summed E-state index contributed by atoms with van der Waals surface area (Å²) in [6.45, 7) is 1.39. The molecule has 0 aliphatic rings. The van der Waals surface area contributed by atoms with Crippen LogP contribution in [0.5, 0.6) is 11.5 Å². The summed E-state index contributed by atoms with van der Waals surface area (Å²) in [6, 6.07) is 6.70. The number of halogens is 6. The Kier molecular flexibility index (Phi) is 7.69. The molecular weight excluding hydrogens is 486 g/mol. The Morgan fingerprint density at radius 3 is 2.30 bits per heavy atom. The van der Waals surface area contributed by atoms with Gasteiger partial charge in [0.25, 0.3) is 15.9 Å². The average molecular weight is 502 g/mol. The first-order valence-corrected chi connectivity index (χ1v) is 10.3. The molecule has 182 valence electrons. The number of benzene rings is 2. The molecular formula is C18H16F6N2O6S. The highest BCUT2D eigenvalue weighted by molar-refractivity contribution is 7.92. The van der Waals surface area contributed by atoms with E-state index >= 15 is 0 Å². The average Bonchev–Trinajstić information content (AvgIpc) is 2.65. The minimum absolute atomic E-state index is 0.0833. The van der Waals surface area contributed by atoms with Crippen molar-refractivity contribution in [3.63, 3.8) is 0 Å². The molecule has 0 aliphatic heterocycles. The highest BCUT2D eigenvalue weighted by Gasteiger charge is 2.43. The number of carbonyl (C=O) groups excluding carboxylic acids is 1. The highest BCUT2D eigenvalue weighted by Crippen LogP contribution is 2.31. The van der Waals surface area contributed by atoms with Gasteiger partial charge in [-0.05, 0) is 31.2 Å². The van der Waals surface area contributed by atoms with E-state index in [1.165, 1.54) is 6.92 Å². The number of ether oxygens (including phenoxy) is 2. The van der Waals surface area contributed by atoms with Crippen LogP contribution in [0.2, 0.25) is 0 Å². The fraction of sp³-hybridized carbons (Fsp3) is 0.278. The first kappa shape index (κ1) is 26.1. The monoisotopic (exact) mass is 502 g/mol. The lowest BCUT2D eigenvalue weighted by Gasteiger charge is -2.17. The van der Waals surface area contributed by atoms with Crippen LogP contribution >= 0.6 is 0 Å². The van der Waals surface area contributed by atoms with Gasteiger partial charge in [0.1, 0.15) is 16.4 Å². The van der Waals surface area contributed by atoms with E-state index in [2.05, 4.69) is 4.74 Å². The lowest BCUT2D eigenvalue weighted by atomic mass is 10.2. The third-order valence-electron chi connectivity index (χ3n) is 3.68. The molecule has 0 fully saturated rings. The van der Waals surface area contributed by atoms with Crippen molar-refractivity contribution in [2.24, 2.45) is 0 Å². The predicted molar refractivity (Wildman–Crippen MR) is 102 cm³/mol. The Bertz CT molecular complexity index is 1100. The molecule has 3 N–H and O–H groups in total. The number of aliphatic hydroxyl groups is 1. The van der Waals surface area contributed by atoms with Crippen LogP contribution in [0.4, 0.5) is 37.7 Å².